The molecule has 4 aliphatic rings. The minimum absolute atomic E-state index is 0.0345. The summed E-state index contributed by atoms with van der Waals surface area (Å²) >= 11 is 0. The van der Waals surface area contributed by atoms with Gasteiger partial charge in [-0.2, -0.15) is 0 Å². The Bertz CT molecular complexity index is 1290. The van der Waals surface area contributed by atoms with Crippen LogP contribution < -0.4 is 15.4 Å². The smallest absolute Gasteiger partial charge is 0.323 e. The normalized spacial score (nSPS) is 23.8. The van der Waals surface area contributed by atoms with Crippen molar-refractivity contribution in [3.8, 4) is 17.6 Å². The number of halogens is 1. The first-order valence-electron chi connectivity index (χ1n) is 12.8. The van der Waals surface area contributed by atoms with Crippen molar-refractivity contribution in [1.29, 1.82) is 0 Å². The number of carbonyl (C=O) groups is 3. The molecule has 0 saturated carbocycles. The topological polar surface area (TPSA) is 107 Å². The fourth-order valence-corrected chi connectivity index (χ4v) is 5.20. The Kier molecular flexibility index (Phi) is 7.19. The number of aliphatic imine (C=N–C) groups is 1. The van der Waals surface area contributed by atoms with Gasteiger partial charge in [-0.1, -0.05) is 24.8 Å². The molecule has 2 saturated heterocycles. The van der Waals surface area contributed by atoms with E-state index in [0.717, 1.165) is 57.0 Å². The molecule has 10 nitrogen and oxygen atoms in total. The highest BCUT2D eigenvalue weighted by Crippen LogP contribution is 2.32. The lowest BCUT2D eigenvalue weighted by atomic mass is 9.97. The van der Waals surface area contributed by atoms with Crippen LogP contribution in [0.15, 0.2) is 28.9 Å². The van der Waals surface area contributed by atoms with Crippen LogP contribution in [0.3, 0.4) is 0 Å². The minimum Gasteiger partial charge on any atom is -0.494 e. The summed E-state index contributed by atoms with van der Waals surface area (Å²) in [5, 5.41) is 4.80. The maximum atomic E-state index is 14.8. The number of nitrogens with one attached hydrogen (secondary N) is 2. The van der Waals surface area contributed by atoms with Crippen molar-refractivity contribution in [2.45, 2.75) is 31.8 Å². The summed E-state index contributed by atoms with van der Waals surface area (Å²) < 4.78 is 19.8. The van der Waals surface area contributed by atoms with Gasteiger partial charge in [-0.15, -0.1) is 0 Å². The highest BCUT2D eigenvalue weighted by atomic mass is 19.1. The quantitative estimate of drug-likeness (QED) is 0.429. The Hall–Kier alpha value is -3.75. The molecule has 0 aliphatic carbocycles. The molecule has 200 valence electrons. The van der Waals surface area contributed by atoms with E-state index >= 15 is 0 Å². The fourth-order valence-electron chi connectivity index (χ4n) is 5.20. The van der Waals surface area contributed by atoms with Crippen LogP contribution in [-0.4, -0.2) is 96.7 Å². The van der Waals surface area contributed by atoms with Crippen LogP contribution in [-0.2, 0) is 11.3 Å². The Morgan fingerprint density at radius 1 is 1.13 bits per heavy atom. The molecule has 1 aromatic rings. The van der Waals surface area contributed by atoms with E-state index in [1.54, 1.807) is 12.3 Å². The number of rotatable bonds is 6. The van der Waals surface area contributed by atoms with E-state index in [1.165, 1.54) is 18.1 Å². The summed E-state index contributed by atoms with van der Waals surface area (Å²) in [7, 11) is 1.32. The van der Waals surface area contributed by atoms with Gasteiger partial charge < -0.3 is 19.9 Å². The monoisotopic (exact) mass is 522 g/mol. The van der Waals surface area contributed by atoms with Gasteiger partial charge in [0.15, 0.2) is 11.6 Å². The molecule has 5 rings (SSSR count). The molecule has 0 aromatic heterocycles. The predicted molar refractivity (Wildman–Crippen MR) is 138 cm³/mol. The Balaban J connectivity index is 1.30. The van der Waals surface area contributed by atoms with Crippen LogP contribution in [0, 0.1) is 17.7 Å². The molecule has 2 N–H and O–H groups in total. The molecule has 11 heteroatoms. The van der Waals surface area contributed by atoms with Crippen molar-refractivity contribution in [2.75, 3.05) is 52.9 Å². The number of hydrogen-bond donors (Lipinski definition) is 2. The van der Waals surface area contributed by atoms with E-state index in [0.29, 0.717) is 12.0 Å². The number of allylic oxidation sites excluding steroid dienone is 1. The molecule has 38 heavy (non-hydrogen) atoms. The molecule has 0 radical (unpaired) electrons. The van der Waals surface area contributed by atoms with Gasteiger partial charge in [-0.3, -0.25) is 24.8 Å². The van der Waals surface area contributed by atoms with Crippen LogP contribution in [0.1, 0.15) is 35.7 Å². The first-order valence-corrected chi connectivity index (χ1v) is 12.8. The number of imide groups is 1. The second-order valence-electron chi connectivity index (χ2n) is 9.90. The van der Waals surface area contributed by atoms with Crippen LogP contribution >= 0.6 is 0 Å². The number of likely N-dealkylation sites (N-methyl/N-ethyl adjacent to an activating group) is 1. The minimum atomic E-state index is -1.65. The molecule has 0 bridgehead atoms. The molecular formula is C27H31FN6O4. The number of urea groups is 1. The standard InChI is InChI=1S/C27H31FN6O4/c1-3-32-10-12-33(13-11-32)16-20-6-4-18(14-29-20)8-9-27(25(36)30-26(37)31-27)17-34-15-19-5-7-21(38-2)23(28)22(19)24(34)35/h5,7,14H,3-4,6,10-13,15-17H2,1-2H3,(H2,30,31,36,37)/t27-/m1/s1. The maximum absolute atomic E-state index is 14.8. The van der Waals surface area contributed by atoms with Gasteiger partial charge in [0, 0.05) is 56.8 Å². The number of fused-ring (bicyclic) bond motifs is 1. The highest BCUT2D eigenvalue weighted by molar-refractivity contribution is 6.10. The third kappa shape index (κ3) is 5.01. The third-order valence-electron chi connectivity index (χ3n) is 7.49. The molecule has 4 aliphatic heterocycles. The second-order valence-corrected chi connectivity index (χ2v) is 9.90. The first kappa shape index (κ1) is 25.9. The van der Waals surface area contributed by atoms with Gasteiger partial charge in [-0.05, 0) is 31.0 Å². The lowest BCUT2D eigenvalue weighted by molar-refractivity contribution is -0.122. The number of nitrogens with zero attached hydrogens (tertiary/aromatic N) is 4. The molecule has 4 heterocycles. The van der Waals surface area contributed by atoms with Crippen molar-refractivity contribution in [1.82, 2.24) is 25.3 Å². The van der Waals surface area contributed by atoms with E-state index in [4.69, 9.17) is 4.74 Å². The summed E-state index contributed by atoms with van der Waals surface area (Å²) in [6.07, 6.45) is 3.15. The SMILES string of the molecule is CCN1CCN(CC2=NC=C(C#C[C@]3(CN4Cc5ccc(OC)c(F)c5C4=O)NC(=O)NC3=O)CC2)CC1. The van der Waals surface area contributed by atoms with Crippen molar-refractivity contribution in [3.05, 3.63) is 40.8 Å². The molecule has 0 spiro atoms. The Morgan fingerprint density at radius 3 is 2.53 bits per heavy atom. The molecule has 1 aromatic carbocycles. The third-order valence-corrected chi connectivity index (χ3v) is 7.49. The van der Waals surface area contributed by atoms with E-state index in [9.17, 15) is 18.8 Å². The molecule has 2 fully saturated rings. The molecule has 1 atom stereocenters. The lowest BCUT2D eigenvalue weighted by Crippen LogP contribution is -2.54. The second kappa shape index (κ2) is 10.6. The van der Waals surface area contributed by atoms with Crippen LogP contribution in [0.5, 0.6) is 5.75 Å². The van der Waals surface area contributed by atoms with Gasteiger partial charge in [0.1, 0.15) is 0 Å². The van der Waals surface area contributed by atoms with Crippen molar-refractivity contribution < 1.29 is 23.5 Å². The highest BCUT2D eigenvalue weighted by Gasteiger charge is 2.48. The van der Waals surface area contributed by atoms with E-state index in [-0.39, 0.29) is 24.4 Å². The number of benzene rings is 1. The molecule has 0 unspecified atom stereocenters. The summed E-state index contributed by atoms with van der Waals surface area (Å²) in [6.45, 7) is 8.13. The lowest BCUT2D eigenvalue weighted by Gasteiger charge is -2.34. The van der Waals surface area contributed by atoms with Crippen LogP contribution in [0.25, 0.3) is 0 Å². The maximum Gasteiger partial charge on any atom is 0.323 e. The number of methoxy groups -OCH3 is 1. The van der Waals surface area contributed by atoms with Crippen molar-refractivity contribution >= 4 is 23.6 Å². The number of amides is 4. The van der Waals surface area contributed by atoms with Gasteiger partial charge >= 0.3 is 6.03 Å². The van der Waals surface area contributed by atoms with Gasteiger partial charge in [0.05, 0.1) is 19.2 Å². The number of piperazine rings is 1. The average molecular weight is 523 g/mol. The zero-order chi connectivity index (χ0) is 26.9. The largest absolute Gasteiger partial charge is 0.494 e. The van der Waals surface area contributed by atoms with E-state index < -0.39 is 29.2 Å². The van der Waals surface area contributed by atoms with E-state index in [1.807, 2.05) is 0 Å². The van der Waals surface area contributed by atoms with Gasteiger partial charge in [0.2, 0.25) is 5.54 Å². The predicted octanol–water partition coefficient (Wildman–Crippen LogP) is 1.13. The van der Waals surface area contributed by atoms with Crippen molar-refractivity contribution in [2.24, 2.45) is 4.99 Å². The summed E-state index contributed by atoms with van der Waals surface area (Å²) in [6, 6.07) is 2.38. The Labute approximate surface area is 220 Å². The summed E-state index contributed by atoms with van der Waals surface area (Å²) in [5.74, 6) is 3.90. The first-order chi connectivity index (χ1) is 18.3. The van der Waals surface area contributed by atoms with E-state index in [2.05, 4.69) is 44.2 Å². The zero-order valence-electron chi connectivity index (χ0n) is 21.6. The van der Waals surface area contributed by atoms with Gasteiger partial charge in [0.25, 0.3) is 11.8 Å². The number of hydrogen-bond acceptors (Lipinski definition) is 7. The zero-order valence-corrected chi connectivity index (χ0v) is 21.6. The van der Waals surface area contributed by atoms with Crippen molar-refractivity contribution in [3.63, 3.8) is 0 Å². The number of carbonyl (C=O) groups excluding carboxylic acids is 3. The van der Waals surface area contributed by atoms with Gasteiger partial charge in [-0.25, -0.2) is 9.18 Å². The molecule has 4 amide bonds. The molecular weight excluding hydrogens is 491 g/mol. The average Bonchev–Trinajstić information content (AvgIpc) is 3.39. The van der Waals surface area contributed by atoms with Crippen LogP contribution in [0.4, 0.5) is 9.18 Å². The Morgan fingerprint density at radius 2 is 1.89 bits per heavy atom. The summed E-state index contributed by atoms with van der Waals surface area (Å²) in [5.41, 5.74) is 0.572. The summed E-state index contributed by atoms with van der Waals surface area (Å²) in [4.78, 5) is 48.7. The van der Waals surface area contributed by atoms with Crippen LogP contribution in [0.2, 0.25) is 0 Å². The fraction of sp³-hybridized carbons (Fsp3) is 0.481. The number of ether oxygens (including phenoxy) is 1.